The quantitative estimate of drug-likeness (QED) is 0.474. The van der Waals surface area contributed by atoms with E-state index in [2.05, 4.69) is 4.74 Å². The number of halogens is 2. The number of Topliss-reactive ketones (excluding diaryl/α,β-unsaturated/α-hetero) is 1. The second-order valence-corrected chi connectivity index (χ2v) is 3.68. The van der Waals surface area contributed by atoms with Crippen LogP contribution in [0.15, 0.2) is 12.1 Å². The summed E-state index contributed by atoms with van der Waals surface area (Å²) in [6, 6.07) is 2.61. The van der Waals surface area contributed by atoms with Crippen molar-refractivity contribution in [1.29, 1.82) is 0 Å². The highest BCUT2D eigenvalue weighted by atomic mass is 35.5. The van der Waals surface area contributed by atoms with Gasteiger partial charge in [0.1, 0.15) is 5.82 Å². The van der Waals surface area contributed by atoms with Crippen molar-refractivity contribution in [2.45, 2.75) is 20.3 Å². The van der Waals surface area contributed by atoms with Crippen LogP contribution >= 0.6 is 11.6 Å². The van der Waals surface area contributed by atoms with Crippen molar-refractivity contribution >= 4 is 23.4 Å². The summed E-state index contributed by atoms with van der Waals surface area (Å²) in [4.78, 5) is 22.9. The normalized spacial score (nSPS) is 10.1. The molecule has 1 aromatic carbocycles. The summed E-state index contributed by atoms with van der Waals surface area (Å²) in [7, 11) is 0. The SMILES string of the molecule is CCOC(=O)C(=O)c1c(F)ccc(CC)c1Cl. The molecule has 0 heterocycles. The molecule has 0 fully saturated rings. The van der Waals surface area contributed by atoms with Crippen LogP contribution in [-0.2, 0) is 16.0 Å². The molecule has 0 saturated heterocycles. The van der Waals surface area contributed by atoms with Gasteiger partial charge in [0.05, 0.1) is 17.2 Å². The first-order chi connectivity index (χ1) is 8.02. The third kappa shape index (κ3) is 2.82. The monoisotopic (exact) mass is 258 g/mol. The number of carbonyl (C=O) groups is 2. The van der Waals surface area contributed by atoms with Crippen molar-refractivity contribution in [3.63, 3.8) is 0 Å². The van der Waals surface area contributed by atoms with Gasteiger partial charge in [-0.05, 0) is 25.0 Å². The molecule has 0 aliphatic carbocycles. The number of hydrogen-bond donors (Lipinski definition) is 0. The average Bonchev–Trinajstić information content (AvgIpc) is 2.29. The zero-order chi connectivity index (χ0) is 13.0. The topological polar surface area (TPSA) is 43.4 Å². The van der Waals surface area contributed by atoms with E-state index in [1.807, 2.05) is 6.92 Å². The number of esters is 1. The van der Waals surface area contributed by atoms with Gasteiger partial charge in [0.25, 0.3) is 5.78 Å². The van der Waals surface area contributed by atoms with Crippen molar-refractivity contribution < 1.29 is 18.7 Å². The Morgan fingerprint density at radius 1 is 1.35 bits per heavy atom. The molecule has 1 aromatic rings. The van der Waals surface area contributed by atoms with E-state index in [0.717, 1.165) is 6.07 Å². The van der Waals surface area contributed by atoms with Crippen LogP contribution in [0.25, 0.3) is 0 Å². The molecule has 0 aromatic heterocycles. The zero-order valence-electron chi connectivity index (χ0n) is 9.55. The molecule has 0 aliphatic heterocycles. The van der Waals surface area contributed by atoms with Gasteiger partial charge in [0.2, 0.25) is 0 Å². The minimum Gasteiger partial charge on any atom is -0.460 e. The van der Waals surface area contributed by atoms with Crippen LogP contribution < -0.4 is 0 Å². The number of hydrogen-bond acceptors (Lipinski definition) is 3. The highest BCUT2D eigenvalue weighted by molar-refractivity contribution is 6.45. The van der Waals surface area contributed by atoms with Crippen molar-refractivity contribution in [3.8, 4) is 0 Å². The summed E-state index contributed by atoms with van der Waals surface area (Å²) >= 11 is 5.88. The number of benzene rings is 1. The Balaban J connectivity index is 3.21. The lowest BCUT2D eigenvalue weighted by molar-refractivity contribution is -0.137. The fourth-order valence-corrected chi connectivity index (χ4v) is 1.75. The van der Waals surface area contributed by atoms with Gasteiger partial charge in [0.15, 0.2) is 0 Å². The molecule has 0 atom stereocenters. The van der Waals surface area contributed by atoms with Crippen LogP contribution in [0.5, 0.6) is 0 Å². The van der Waals surface area contributed by atoms with Crippen LogP contribution in [0.4, 0.5) is 4.39 Å². The van der Waals surface area contributed by atoms with E-state index >= 15 is 0 Å². The Morgan fingerprint density at radius 3 is 2.53 bits per heavy atom. The van der Waals surface area contributed by atoms with Crippen LogP contribution in [0.1, 0.15) is 29.8 Å². The molecule has 0 unspecified atom stereocenters. The van der Waals surface area contributed by atoms with Gasteiger partial charge in [-0.2, -0.15) is 0 Å². The molecule has 0 amide bonds. The fraction of sp³-hybridized carbons (Fsp3) is 0.333. The molecule has 3 nitrogen and oxygen atoms in total. The second-order valence-electron chi connectivity index (χ2n) is 3.30. The fourth-order valence-electron chi connectivity index (χ4n) is 1.38. The van der Waals surface area contributed by atoms with E-state index < -0.39 is 23.1 Å². The molecule has 5 heteroatoms. The molecule has 0 spiro atoms. The summed E-state index contributed by atoms with van der Waals surface area (Å²) in [6.45, 7) is 3.43. The van der Waals surface area contributed by atoms with Crippen molar-refractivity contribution in [2.24, 2.45) is 0 Å². The summed E-state index contributed by atoms with van der Waals surface area (Å²) in [5.74, 6) is -2.96. The molecule has 1 rings (SSSR count). The van der Waals surface area contributed by atoms with E-state index in [1.165, 1.54) is 6.07 Å². The van der Waals surface area contributed by atoms with Crippen LogP contribution in [-0.4, -0.2) is 18.4 Å². The Bertz CT molecular complexity index is 457. The molecular weight excluding hydrogens is 247 g/mol. The van der Waals surface area contributed by atoms with Gasteiger partial charge in [-0.1, -0.05) is 24.6 Å². The predicted molar refractivity (Wildman–Crippen MR) is 61.8 cm³/mol. The largest absolute Gasteiger partial charge is 0.460 e. The number of aryl methyl sites for hydroxylation is 1. The minimum absolute atomic E-state index is 0.0226. The first-order valence-corrected chi connectivity index (χ1v) is 5.59. The molecule has 0 saturated carbocycles. The Kier molecular flexibility index (Phi) is 4.63. The lowest BCUT2D eigenvalue weighted by Crippen LogP contribution is -2.19. The van der Waals surface area contributed by atoms with E-state index in [9.17, 15) is 14.0 Å². The van der Waals surface area contributed by atoms with E-state index in [0.29, 0.717) is 12.0 Å². The average molecular weight is 259 g/mol. The van der Waals surface area contributed by atoms with Crippen molar-refractivity contribution in [3.05, 3.63) is 34.1 Å². The maximum atomic E-state index is 13.5. The number of ketones is 1. The summed E-state index contributed by atoms with van der Waals surface area (Å²) in [5.41, 5.74) is 0.199. The Labute approximate surface area is 104 Å². The number of rotatable bonds is 4. The van der Waals surface area contributed by atoms with Gasteiger partial charge in [-0.15, -0.1) is 0 Å². The van der Waals surface area contributed by atoms with E-state index in [4.69, 9.17) is 11.6 Å². The highest BCUT2D eigenvalue weighted by Crippen LogP contribution is 2.25. The molecule has 0 bridgehead atoms. The maximum Gasteiger partial charge on any atom is 0.379 e. The zero-order valence-corrected chi connectivity index (χ0v) is 10.3. The standard InChI is InChI=1S/C12H12ClFO3/c1-3-7-5-6-8(14)9(10(7)13)11(15)12(16)17-4-2/h5-6H,3-4H2,1-2H3. The maximum absolute atomic E-state index is 13.5. The lowest BCUT2D eigenvalue weighted by Gasteiger charge is -2.08. The molecule has 0 N–H and O–H groups in total. The first-order valence-electron chi connectivity index (χ1n) is 5.21. The Morgan fingerprint density at radius 2 is 2.00 bits per heavy atom. The third-order valence-corrected chi connectivity index (χ3v) is 2.67. The Hall–Kier alpha value is -1.42. The second kappa shape index (κ2) is 5.77. The summed E-state index contributed by atoms with van der Waals surface area (Å²) in [6.07, 6.45) is 0.544. The molecule has 0 aliphatic rings. The van der Waals surface area contributed by atoms with Gasteiger partial charge in [-0.25, -0.2) is 9.18 Å². The van der Waals surface area contributed by atoms with Crippen molar-refractivity contribution in [2.75, 3.05) is 6.61 Å². The molecule has 92 valence electrons. The van der Waals surface area contributed by atoms with Gasteiger partial charge >= 0.3 is 5.97 Å². The number of ether oxygens (including phenoxy) is 1. The van der Waals surface area contributed by atoms with Crippen LogP contribution in [0.3, 0.4) is 0 Å². The van der Waals surface area contributed by atoms with Crippen LogP contribution in [0, 0.1) is 5.82 Å². The minimum atomic E-state index is -1.10. The number of carbonyl (C=O) groups excluding carboxylic acids is 2. The lowest BCUT2D eigenvalue weighted by atomic mass is 10.0. The van der Waals surface area contributed by atoms with Gasteiger partial charge in [0, 0.05) is 0 Å². The summed E-state index contributed by atoms with van der Waals surface area (Å²) in [5, 5.41) is -0.0226. The van der Waals surface area contributed by atoms with E-state index in [1.54, 1.807) is 6.92 Å². The van der Waals surface area contributed by atoms with Gasteiger partial charge in [-0.3, -0.25) is 4.79 Å². The molecule has 17 heavy (non-hydrogen) atoms. The molecular formula is C12H12ClFO3. The predicted octanol–water partition coefficient (Wildman–Crippen LogP) is 2.79. The highest BCUT2D eigenvalue weighted by Gasteiger charge is 2.25. The van der Waals surface area contributed by atoms with Gasteiger partial charge < -0.3 is 4.74 Å². The van der Waals surface area contributed by atoms with Crippen LogP contribution in [0.2, 0.25) is 5.02 Å². The van der Waals surface area contributed by atoms with E-state index in [-0.39, 0.29) is 11.6 Å². The molecule has 0 radical (unpaired) electrons. The smallest absolute Gasteiger partial charge is 0.379 e. The first kappa shape index (κ1) is 13.6. The summed E-state index contributed by atoms with van der Waals surface area (Å²) < 4.78 is 18.0. The third-order valence-electron chi connectivity index (χ3n) is 2.24. The van der Waals surface area contributed by atoms with Crippen molar-refractivity contribution in [1.82, 2.24) is 0 Å².